The minimum absolute atomic E-state index is 0.364. The van der Waals surface area contributed by atoms with Gasteiger partial charge in [-0.2, -0.15) is 0 Å². The number of aromatic nitrogens is 1. The molecule has 0 aliphatic rings. The number of benzene rings is 1. The van der Waals surface area contributed by atoms with Gasteiger partial charge in [-0.3, -0.25) is 4.98 Å². The first-order valence-electron chi connectivity index (χ1n) is 6.87. The third kappa shape index (κ3) is 2.88. The van der Waals surface area contributed by atoms with Gasteiger partial charge in [0, 0.05) is 17.6 Å². The second-order valence-electron chi connectivity index (χ2n) is 4.75. The first-order chi connectivity index (χ1) is 8.86. The smallest absolute Gasteiger partial charge is 0.0651 e. The molecule has 1 atom stereocenters. The highest BCUT2D eigenvalue weighted by Gasteiger charge is 2.13. The molecule has 96 valence electrons. The number of fused-ring (bicyclic) bond motifs is 1. The monoisotopic (exact) mass is 242 g/mol. The molecule has 2 heteroatoms. The Morgan fingerprint density at radius 1 is 1.17 bits per heavy atom. The Bertz CT molecular complexity index is 488. The van der Waals surface area contributed by atoms with Gasteiger partial charge in [0.1, 0.15) is 0 Å². The molecule has 2 aromatic rings. The van der Waals surface area contributed by atoms with Crippen molar-refractivity contribution in [2.75, 3.05) is 7.05 Å². The van der Waals surface area contributed by atoms with Gasteiger partial charge in [0.25, 0.3) is 0 Å². The largest absolute Gasteiger partial charge is 0.312 e. The fourth-order valence-electron chi connectivity index (χ4n) is 2.44. The van der Waals surface area contributed by atoms with Crippen molar-refractivity contribution >= 4 is 10.8 Å². The van der Waals surface area contributed by atoms with Crippen molar-refractivity contribution in [2.24, 2.45) is 0 Å². The van der Waals surface area contributed by atoms with Gasteiger partial charge in [-0.15, -0.1) is 0 Å². The van der Waals surface area contributed by atoms with Crippen LogP contribution in [0, 0.1) is 0 Å². The van der Waals surface area contributed by atoms with E-state index in [0.29, 0.717) is 6.04 Å². The van der Waals surface area contributed by atoms with Gasteiger partial charge < -0.3 is 5.32 Å². The zero-order valence-electron chi connectivity index (χ0n) is 11.3. The Kier molecular flexibility index (Phi) is 4.71. The van der Waals surface area contributed by atoms with E-state index in [9.17, 15) is 0 Å². The first-order valence-corrected chi connectivity index (χ1v) is 6.87. The van der Waals surface area contributed by atoms with E-state index >= 15 is 0 Å². The highest BCUT2D eigenvalue weighted by molar-refractivity contribution is 5.84. The van der Waals surface area contributed by atoms with Crippen LogP contribution in [-0.2, 0) is 0 Å². The summed E-state index contributed by atoms with van der Waals surface area (Å²) in [4.78, 5) is 4.59. The summed E-state index contributed by atoms with van der Waals surface area (Å²) in [5.74, 6) is 0. The topological polar surface area (TPSA) is 24.9 Å². The van der Waals surface area contributed by atoms with Gasteiger partial charge in [-0.05, 0) is 24.9 Å². The molecule has 1 aromatic heterocycles. The average molecular weight is 242 g/mol. The highest BCUT2D eigenvalue weighted by Crippen LogP contribution is 2.25. The summed E-state index contributed by atoms with van der Waals surface area (Å²) in [5.41, 5.74) is 1.19. The Hall–Kier alpha value is -1.41. The summed E-state index contributed by atoms with van der Waals surface area (Å²) in [6.07, 6.45) is 6.89. The van der Waals surface area contributed by atoms with Crippen molar-refractivity contribution < 1.29 is 0 Å². The van der Waals surface area contributed by atoms with Gasteiger partial charge in [0.2, 0.25) is 0 Å². The van der Waals surface area contributed by atoms with E-state index in [2.05, 4.69) is 47.6 Å². The van der Waals surface area contributed by atoms with E-state index in [4.69, 9.17) is 0 Å². The molecular weight excluding hydrogens is 220 g/mol. The molecule has 0 bridgehead atoms. The molecule has 0 amide bonds. The van der Waals surface area contributed by atoms with Crippen LogP contribution >= 0.6 is 0 Å². The summed E-state index contributed by atoms with van der Waals surface area (Å²) in [6, 6.07) is 10.9. The first kappa shape index (κ1) is 13.0. The molecule has 1 unspecified atom stereocenters. The number of nitrogens with one attached hydrogen (secondary N) is 1. The lowest BCUT2D eigenvalue weighted by molar-refractivity contribution is 0.505. The normalized spacial score (nSPS) is 12.8. The van der Waals surface area contributed by atoms with Gasteiger partial charge in [0.15, 0.2) is 0 Å². The number of unbranched alkanes of at least 4 members (excludes halogenated alkanes) is 2. The van der Waals surface area contributed by atoms with Crippen LogP contribution in [0.2, 0.25) is 0 Å². The third-order valence-corrected chi connectivity index (χ3v) is 3.48. The number of pyridine rings is 1. The van der Waals surface area contributed by atoms with Crippen molar-refractivity contribution in [3.63, 3.8) is 0 Å². The van der Waals surface area contributed by atoms with Crippen LogP contribution < -0.4 is 5.32 Å². The predicted molar refractivity (Wildman–Crippen MR) is 77.7 cm³/mol. The molecule has 0 fully saturated rings. The maximum atomic E-state index is 4.59. The van der Waals surface area contributed by atoms with Crippen LogP contribution in [0.15, 0.2) is 36.5 Å². The maximum absolute atomic E-state index is 4.59. The standard InChI is InChI=1S/C16H22N2/c1-3-4-5-10-15(17-2)16-14-9-7-6-8-13(14)11-12-18-16/h6-9,11-12,15,17H,3-5,10H2,1-2H3. The van der Waals surface area contributed by atoms with Crippen molar-refractivity contribution in [3.05, 3.63) is 42.2 Å². The molecule has 0 aliphatic carbocycles. The molecule has 0 saturated heterocycles. The summed E-state index contributed by atoms with van der Waals surface area (Å²) in [5, 5.41) is 5.96. The lowest BCUT2D eigenvalue weighted by atomic mass is 10.0. The molecule has 0 saturated carbocycles. The Labute approximate surface area is 109 Å². The average Bonchev–Trinajstić information content (AvgIpc) is 2.43. The van der Waals surface area contributed by atoms with Crippen LogP contribution in [0.3, 0.4) is 0 Å². The summed E-state index contributed by atoms with van der Waals surface area (Å²) in [6.45, 7) is 2.24. The fraction of sp³-hybridized carbons (Fsp3) is 0.438. The van der Waals surface area contributed by atoms with Crippen LogP contribution in [0.4, 0.5) is 0 Å². The summed E-state index contributed by atoms with van der Waals surface area (Å²) >= 11 is 0. The number of hydrogen-bond acceptors (Lipinski definition) is 2. The molecule has 18 heavy (non-hydrogen) atoms. The second-order valence-corrected chi connectivity index (χ2v) is 4.75. The molecule has 0 aliphatic heterocycles. The predicted octanol–water partition coefficient (Wildman–Crippen LogP) is 4.08. The number of rotatable bonds is 6. The molecular formula is C16H22N2. The van der Waals surface area contributed by atoms with E-state index < -0.39 is 0 Å². The van der Waals surface area contributed by atoms with Crippen LogP contribution in [-0.4, -0.2) is 12.0 Å². The summed E-state index contributed by atoms with van der Waals surface area (Å²) < 4.78 is 0. The summed E-state index contributed by atoms with van der Waals surface area (Å²) in [7, 11) is 2.03. The van der Waals surface area contributed by atoms with E-state index in [1.54, 1.807) is 0 Å². The number of nitrogens with zero attached hydrogens (tertiary/aromatic N) is 1. The highest BCUT2D eigenvalue weighted by atomic mass is 14.9. The molecule has 0 spiro atoms. The van der Waals surface area contributed by atoms with Crippen LogP contribution in [0.1, 0.15) is 44.3 Å². The molecule has 1 aromatic carbocycles. The van der Waals surface area contributed by atoms with Gasteiger partial charge in [-0.25, -0.2) is 0 Å². The van der Waals surface area contributed by atoms with Crippen molar-refractivity contribution in [2.45, 2.75) is 38.6 Å². The Balaban J connectivity index is 2.27. The van der Waals surface area contributed by atoms with Gasteiger partial charge >= 0.3 is 0 Å². The maximum Gasteiger partial charge on any atom is 0.0651 e. The molecule has 0 radical (unpaired) electrons. The SMILES string of the molecule is CCCCCC(NC)c1nccc2ccccc12. The van der Waals surface area contributed by atoms with Gasteiger partial charge in [-0.1, -0.05) is 50.5 Å². The number of hydrogen-bond donors (Lipinski definition) is 1. The Morgan fingerprint density at radius 3 is 2.78 bits per heavy atom. The minimum Gasteiger partial charge on any atom is -0.312 e. The fourth-order valence-corrected chi connectivity index (χ4v) is 2.44. The lowest BCUT2D eigenvalue weighted by Crippen LogP contribution is -2.17. The van der Waals surface area contributed by atoms with E-state index in [0.717, 1.165) is 6.42 Å². The molecule has 1 heterocycles. The molecule has 2 rings (SSSR count). The molecule has 2 nitrogen and oxygen atoms in total. The van der Waals surface area contributed by atoms with Crippen molar-refractivity contribution in [3.8, 4) is 0 Å². The van der Waals surface area contributed by atoms with Crippen molar-refractivity contribution in [1.29, 1.82) is 0 Å². The quantitative estimate of drug-likeness (QED) is 0.772. The van der Waals surface area contributed by atoms with E-state index in [-0.39, 0.29) is 0 Å². The van der Waals surface area contributed by atoms with E-state index in [1.807, 2.05) is 13.2 Å². The van der Waals surface area contributed by atoms with E-state index in [1.165, 1.54) is 35.7 Å². The zero-order valence-corrected chi connectivity index (χ0v) is 11.3. The zero-order chi connectivity index (χ0) is 12.8. The third-order valence-electron chi connectivity index (χ3n) is 3.48. The van der Waals surface area contributed by atoms with Crippen molar-refractivity contribution in [1.82, 2.24) is 10.3 Å². The molecule has 1 N–H and O–H groups in total. The van der Waals surface area contributed by atoms with Gasteiger partial charge in [0.05, 0.1) is 5.69 Å². The van der Waals surface area contributed by atoms with Crippen LogP contribution in [0.25, 0.3) is 10.8 Å². The second kappa shape index (κ2) is 6.50. The van der Waals surface area contributed by atoms with Crippen LogP contribution in [0.5, 0.6) is 0 Å². The minimum atomic E-state index is 0.364. The lowest BCUT2D eigenvalue weighted by Gasteiger charge is -2.17. The Morgan fingerprint density at radius 2 is 2.00 bits per heavy atom.